The second kappa shape index (κ2) is 9.22. The number of ether oxygens (including phenoxy) is 1. The van der Waals surface area contributed by atoms with Crippen LogP contribution in [-0.4, -0.2) is 30.9 Å². The van der Waals surface area contributed by atoms with Gasteiger partial charge in [-0.2, -0.15) is 0 Å². The molecule has 2 aromatic carbocycles. The first kappa shape index (κ1) is 21.0. The molecule has 6 nitrogen and oxygen atoms in total. The molecule has 1 aliphatic rings. The Bertz CT molecular complexity index is 927. The summed E-state index contributed by atoms with van der Waals surface area (Å²) in [5.41, 5.74) is 3.47. The highest BCUT2D eigenvalue weighted by Gasteiger charge is 2.36. The van der Waals surface area contributed by atoms with Gasteiger partial charge in [-0.1, -0.05) is 41.1 Å². The summed E-state index contributed by atoms with van der Waals surface area (Å²) in [6.07, 6.45) is 0.863. The van der Waals surface area contributed by atoms with E-state index >= 15 is 0 Å². The third kappa shape index (κ3) is 5.03. The standard InChI is InChI=1S/C22H23BrN2O4/c1-3-15-6-4-5-14(2)21(15)24-19(26)13-29-22(28)16-11-20(27)25(12-16)18-9-7-17(23)8-10-18/h4-10,16H,3,11-13H2,1-2H3,(H,24,26)/t16-/m1/s1. The van der Waals surface area contributed by atoms with E-state index in [-0.39, 0.29) is 25.5 Å². The first-order chi connectivity index (χ1) is 13.9. The molecule has 1 N–H and O–H groups in total. The van der Waals surface area contributed by atoms with E-state index in [0.717, 1.165) is 33.4 Å². The van der Waals surface area contributed by atoms with E-state index in [1.165, 1.54) is 0 Å². The monoisotopic (exact) mass is 458 g/mol. The molecular weight excluding hydrogens is 436 g/mol. The third-order valence-electron chi connectivity index (χ3n) is 4.95. The first-order valence-corrected chi connectivity index (χ1v) is 10.3. The largest absolute Gasteiger partial charge is 0.455 e. The number of amides is 2. The Kier molecular flexibility index (Phi) is 6.69. The maximum absolute atomic E-state index is 12.4. The Hall–Kier alpha value is -2.67. The molecule has 1 saturated heterocycles. The topological polar surface area (TPSA) is 75.7 Å². The molecule has 2 amide bonds. The SMILES string of the molecule is CCc1cccc(C)c1NC(=O)COC(=O)[C@@H]1CC(=O)N(c2ccc(Br)cc2)C1. The fraction of sp³-hybridized carbons (Fsp3) is 0.318. The molecule has 1 aliphatic heterocycles. The molecule has 0 unspecified atom stereocenters. The van der Waals surface area contributed by atoms with E-state index in [1.54, 1.807) is 4.90 Å². The number of rotatable bonds is 6. The van der Waals surface area contributed by atoms with Gasteiger partial charge in [0.05, 0.1) is 5.92 Å². The molecule has 0 aromatic heterocycles. The molecule has 0 saturated carbocycles. The maximum atomic E-state index is 12.4. The number of hydrogen-bond acceptors (Lipinski definition) is 4. The number of benzene rings is 2. The number of esters is 1. The molecule has 2 aromatic rings. The average molecular weight is 459 g/mol. The Morgan fingerprint density at radius 1 is 1.21 bits per heavy atom. The molecule has 3 rings (SSSR count). The summed E-state index contributed by atoms with van der Waals surface area (Å²) in [7, 11) is 0. The second-order valence-corrected chi connectivity index (χ2v) is 7.92. The quantitative estimate of drug-likeness (QED) is 0.666. The minimum absolute atomic E-state index is 0.0777. The lowest BCUT2D eigenvalue weighted by Crippen LogP contribution is -2.28. The zero-order valence-electron chi connectivity index (χ0n) is 16.4. The number of hydrogen-bond donors (Lipinski definition) is 1. The molecule has 1 fully saturated rings. The number of nitrogens with zero attached hydrogens (tertiary/aromatic N) is 1. The van der Waals surface area contributed by atoms with Gasteiger partial charge in [0.15, 0.2) is 6.61 Å². The molecule has 1 heterocycles. The summed E-state index contributed by atoms with van der Waals surface area (Å²) in [5.74, 6) is -1.64. The van der Waals surface area contributed by atoms with Crippen molar-refractivity contribution in [3.8, 4) is 0 Å². The van der Waals surface area contributed by atoms with Gasteiger partial charge in [0.1, 0.15) is 0 Å². The predicted octanol–water partition coefficient (Wildman–Crippen LogP) is 3.85. The summed E-state index contributed by atoms with van der Waals surface area (Å²) in [6, 6.07) is 13.1. The van der Waals surface area contributed by atoms with Gasteiger partial charge in [0.2, 0.25) is 5.91 Å². The highest BCUT2D eigenvalue weighted by Crippen LogP contribution is 2.27. The van der Waals surface area contributed by atoms with E-state index in [1.807, 2.05) is 56.3 Å². The fourth-order valence-corrected chi connectivity index (χ4v) is 3.63. The molecule has 0 aliphatic carbocycles. The van der Waals surface area contributed by atoms with Crippen LogP contribution in [0.1, 0.15) is 24.5 Å². The van der Waals surface area contributed by atoms with Crippen molar-refractivity contribution in [3.05, 3.63) is 58.1 Å². The van der Waals surface area contributed by atoms with Crippen LogP contribution in [0, 0.1) is 12.8 Å². The van der Waals surface area contributed by atoms with Crippen LogP contribution in [0.5, 0.6) is 0 Å². The lowest BCUT2D eigenvalue weighted by molar-refractivity contribution is -0.151. The van der Waals surface area contributed by atoms with Crippen LogP contribution in [0.4, 0.5) is 11.4 Å². The smallest absolute Gasteiger partial charge is 0.311 e. The van der Waals surface area contributed by atoms with Crippen LogP contribution < -0.4 is 10.2 Å². The zero-order valence-corrected chi connectivity index (χ0v) is 18.0. The molecule has 0 bridgehead atoms. The van der Waals surface area contributed by atoms with Crippen molar-refractivity contribution in [2.24, 2.45) is 5.92 Å². The number of anilines is 2. The van der Waals surface area contributed by atoms with Crippen molar-refractivity contribution >= 4 is 45.1 Å². The molecule has 0 radical (unpaired) electrons. The molecule has 152 valence electrons. The summed E-state index contributed by atoms with van der Waals surface area (Å²) in [5, 5.41) is 2.83. The van der Waals surface area contributed by atoms with Gasteiger partial charge in [0.25, 0.3) is 5.91 Å². The van der Waals surface area contributed by atoms with Gasteiger partial charge >= 0.3 is 5.97 Å². The lowest BCUT2D eigenvalue weighted by atomic mass is 10.1. The van der Waals surface area contributed by atoms with Gasteiger partial charge in [-0.05, 0) is 48.7 Å². The van der Waals surface area contributed by atoms with Crippen molar-refractivity contribution < 1.29 is 19.1 Å². The van der Waals surface area contributed by atoms with Gasteiger partial charge < -0.3 is 15.0 Å². The van der Waals surface area contributed by atoms with Crippen LogP contribution >= 0.6 is 15.9 Å². The molecular formula is C22H23BrN2O4. The maximum Gasteiger partial charge on any atom is 0.311 e. The van der Waals surface area contributed by atoms with E-state index in [4.69, 9.17) is 4.74 Å². The fourth-order valence-electron chi connectivity index (χ4n) is 3.37. The zero-order chi connectivity index (χ0) is 21.0. The Morgan fingerprint density at radius 2 is 1.93 bits per heavy atom. The summed E-state index contributed by atoms with van der Waals surface area (Å²) < 4.78 is 6.10. The van der Waals surface area contributed by atoms with Crippen molar-refractivity contribution in [2.45, 2.75) is 26.7 Å². The highest BCUT2D eigenvalue weighted by atomic mass is 79.9. The van der Waals surface area contributed by atoms with Crippen molar-refractivity contribution in [1.29, 1.82) is 0 Å². The number of carbonyl (C=O) groups is 3. The van der Waals surface area contributed by atoms with Gasteiger partial charge in [0, 0.05) is 28.8 Å². The van der Waals surface area contributed by atoms with E-state index in [2.05, 4.69) is 21.2 Å². The number of nitrogens with one attached hydrogen (secondary N) is 1. The van der Waals surface area contributed by atoms with Gasteiger partial charge in [-0.3, -0.25) is 14.4 Å². The number of aryl methyl sites for hydroxylation is 2. The van der Waals surface area contributed by atoms with E-state index in [0.29, 0.717) is 0 Å². The van der Waals surface area contributed by atoms with Crippen molar-refractivity contribution in [2.75, 3.05) is 23.4 Å². The molecule has 29 heavy (non-hydrogen) atoms. The molecule has 7 heteroatoms. The van der Waals surface area contributed by atoms with Crippen LogP contribution in [-0.2, 0) is 25.5 Å². The van der Waals surface area contributed by atoms with Crippen LogP contribution in [0.3, 0.4) is 0 Å². The number of carbonyl (C=O) groups excluding carboxylic acids is 3. The Labute approximate surface area is 178 Å². The van der Waals surface area contributed by atoms with E-state index < -0.39 is 17.8 Å². The normalized spacial score (nSPS) is 16.0. The molecule has 0 spiro atoms. The summed E-state index contributed by atoms with van der Waals surface area (Å²) in [4.78, 5) is 38.5. The number of para-hydroxylation sites is 1. The van der Waals surface area contributed by atoms with Gasteiger partial charge in [-0.25, -0.2) is 0 Å². The van der Waals surface area contributed by atoms with E-state index in [9.17, 15) is 14.4 Å². The highest BCUT2D eigenvalue weighted by molar-refractivity contribution is 9.10. The first-order valence-electron chi connectivity index (χ1n) is 9.50. The van der Waals surface area contributed by atoms with Crippen molar-refractivity contribution in [1.82, 2.24) is 0 Å². The predicted molar refractivity (Wildman–Crippen MR) is 115 cm³/mol. The Morgan fingerprint density at radius 3 is 2.62 bits per heavy atom. The molecule has 1 atom stereocenters. The summed E-state index contributed by atoms with van der Waals surface area (Å²) >= 11 is 3.36. The number of halogens is 1. The third-order valence-corrected chi connectivity index (χ3v) is 5.48. The van der Waals surface area contributed by atoms with Crippen molar-refractivity contribution in [3.63, 3.8) is 0 Å². The van der Waals surface area contributed by atoms with Crippen LogP contribution in [0.25, 0.3) is 0 Å². The Balaban J connectivity index is 1.55. The average Bonchev–Trinajstić information content (AvgIpc) is 3.10. The lowest BCUT2D eigenvalue weighted by Gasteiger charge is -2.16. The van der Waals surface area contributed by atoms with Crippen LogP contribution in [0.2, 0.25) is 0 Å². The minimum Gasteiger partial charge on any atom is -0.455 e. The minimum atomic E-state index is -0.580. The van der Waals surface area contributed by atoms with Gasteiger partial charge in [-0.15, -0.1) is 0 Å². The van der Waals surface area contributed by atoms with Crippen LogP contribution in [0.15, 0.2) is 46.9 Å². The second-order valence-electron chi connectivity index (χ2n) is 7.00. The summed E-state index contributed by atoms with van der Waals surface area (Å²) in [6.45, 7) is 3.80.